The van der Waals surface area contributed by atoms with E-state index in [2.05, 4.69) is 0 Å². The zero-order chi connectivity index (χ0) is 10.0. The van der Waals surface area contributed by atoms with Gasteiger partial charge in [0, 0.05) is 13.2 Å². The predicted octanol–water partition coefficient (Wildman–Crippen LogP) is 2.94. The van der Waals surface area contributed by atoms with Gasteiger partial charge in [0.05, 0.1) is 11.3 Å². The summed E-state index contributed by atoms with van der Waals surface area (Å²) in [6.45, 7) is 0. The summed E-state index contributed by atoms with van der Waals surface area (Å²) in [6, 6.07) is 3.48. The SMILES string of the molecule is Cn1cccc1C(C(=O)Cl)=C(Cl)Cl. The number of aromatic nitrogens is 1. The van der Waals surface area contributed by atoms with Gasteiger partial charge in [0.15, 0.2) is 0 Å². The number of aryl methyl sites for hydroxylation is 1. The lowest BCUT2D eigenvalue weighted by atomic mass is 10.2. The van der Waals surface area contributed by atoms with Crippen LogP contribution in [0.5, 0.6) is 0 Å². The van der Waals surface area contributed by atoms with Crippen molar-refractivity contribution in [1.29, 1.82) is 0 Å². The minimum absolute atomic E-state index is 0.123. The van der Waals surface area contributed by atoms with Gasteiger partial charge in [0.25, 0.3) is 5.24 Å². The van der Waals surface area contributed by atoms with E-state index >= 15 is 0 Å². The van der Waals surface area contributed by atoms with E-state index in [1.807, 2.05) is 0 Å². The van der Waals surface area contributed by atoms with Crippen LogP contribution in [0.25, 0.3) is 5.57 Å². The molecule has 0 amide bonds. The minimum Gasteiger partial charge on any atom is -0.350 e. The second-order valence-corrected chi connectivity index (χ2v) is 3.71. The standard InChI is InChI=1S/C8H6Cl3NO/c1-12-4-2-3-5(12)6(7(9)10)8(11)13/h2-4H,1H3. The van der Waals surface area contributed by atoms with Crippen molar-refractivity contribution in [2.45, 2.75) is 0 Å². The Morgan fingerprint density at radius 3 is 2.31 bits per heavy atom. The van der Waals surface area contributed by atoms with Gasteiger partial charge in [-0.15, -0.1) is 0 Å². The zero-order valence-electron chi connectivity index (χ0n) is 6.72. The number of halogens is 3. The smallest absolute Gasteiger partial charge is 0.256 e. The Morgan fingerprint density at radius 2 is 2.00 bits per heavy atom. The molecule has 0 saturated heterocycles. The molecule has 1 aromatic heterocycles. The van der Waals surface area contributed by atoms with Gasteiger partial charge >= 0.3 is 0 Å². The van der Waals surface area contributed by atoms with E-state index in [9.17, 15) is 4.79 Å². The van der Waals surface area contributed by atoms with Crippen molar-refractivity contribution in [2.75, 3.05) is 0 Å². The highest BCUT2D eigenvalue weighted by Gasteiger charge is 2.15. The van der Waals surface area contributed by atoms with E-state index in [1.165, 1.54) is 0 Å². The third kappa shape index (κ3) is 2.27. The highest BCUT2D eigenvalue weighted by atomic mass is 35.5. The lowest BCUT2D eigenvalue weighted by molar-refractivity contribution is -0.106. The molecule has 0 spiro atoms. The Bertz CT molecular complexity index is 363. The van der Waals surface area contributed by atoms with Gasteiger partial charge in [0.1, 0.15) is 4.49 Å². The van der Waals surface area contributed by atoms with Gasteiger partial charge < -0.3 is 4.57 Å². The number of hydrogen-bond donors (Lipinski definition) is 0. The van der Waals surface area contributed by atoms with E-state index in [4.69, 9.17) is 34.8 Å². The molecule has 0 aliphatic rings. The van der Waals surface area contributed by atoms with Crippen LogP contribution >= 0.6 is 34.8 Å². The van der Waals surface area contributed by atoms with Crippen LogP contribution in [-0.2, 0) is 11.8 Å². The summed E-state index contributed by atoms with van der Waals surface area (Å²) in [4.78, 5) is 11.0. The summed E-state index contributed by atoms with van der Waals surface area (Å²) in [5, 5.41) is -0.665. The predicted molar refractivity (Wildman–Crippen MR) is 54.9 cm³/mol. The topological polar surface area (TPSA) is 22.0 Å². The monoisotopic (exact) mass is 237 g/mol. The fourth-order valence-electron chi connectivity index (χ4n) is 0.993. The summed E-state index contributed by atoms with van der Waals surface area (Å²) in [5.41, 5.74) is 0.720. The molecule has 0 radical (unpaired) electrons. The van der Waals surface area contributed by atoms with E-state index in [0.717, 1.165) is 0 Å². The Morgan fingerprint density at radius 1 is 1.38 bits per heavy atom. The minimum atomic E-state index is -0.665. The summed E-state index contributed by atoms with van der Waals surface area (Å²) < 4.78 is 1.59. The van der Waals surface area contributed by atoms with Crippen molar-refractivity contribution >= 4 is 45.6 Å². The van der Waals surface area contributed by atoms with Crippen LogP contribution in [-0.4, -0.2) is 9.81 Å². The van der Waals surface area contributed by atoms with Gasteiger partial charge in [-0.05, 0) is 23.7 Å². The van der Waals surface area contributed by atoms with Gasteiger partial charge in [-0.3, -0.25) is 4.79 Å². The van der Waals surface area contributed by atoms with Crippen LogP contribution in [0.1, 0.15) is 5.69 Å². The van der Waals surface area contributed by atoms with Gasteiger partial charge in [-0.25, -0.2) is 0 Å². The number of carbonyl (C=O) groups excluding carboxylic acids is 1. The molecule has 0 fully saturated rings. The average molecular weight is 239 g/mol. The largest absolute Gasteiger partial charge is 0.350 e. The summed E-state index contributed by atoms with van der Waals surface area (Å²) in [7, 11) is 1.77. The number of rotatable bonds is 2. The molecule has 0 aliphatic carbocycles. The lowest BCUT2D eigenvalue weighted by Crippen LogP contribution is -2.00. The molecule has 1 heterocycles. The van der Waals surface area contributed by atoms with Gasteiger partial charge in [-0.2, -0.15) is 0 Å². The van der Waals surface area contributed by atoms with E-state index in [0.29, 0.717) is 5.69 Å². The first-order valence-electron chi connectivity index (χ1n) is 3.41. The van der Waals surface area contributed by atoms with Crippen LogP contribution in [0.4, 0.5) is 0 Å². The highest BCUT2D eigenvalue weighted by Crippen LogP contribution is 2.26. The van der Waals surface area contributed by atoms with Crippen LogP contribution < -0.4 is 0 Å². The van der Waals surface area contributed by atoms with Crippen LogP contribution in [0.15, 0.2) is 22.8 Å². The fraction of sp³-hybridized carbons (Fsp3) is 0.125. The molecule has 13 heavy (non-hydrogen) atoms. The van der Waals surface area contributed by atoms with Crippen molar-refractivity contribution in [2.24, 2.45) is 7.05 Å². The third-order valence-electron chi connectivity index (χ3n) is 1.59. The first-order chi connectivity index (χ1) is 6.04. The molecule has 70 valence electrons. The Balaban J connectivity index is 3.27. The first kappa shape index (κ1) is 10.6. The third-order valence-corrected chi connectivity index (χ3v) is 2.15. The number of allylic oxidation sites excluding steroid dienone is 1. The summed E-state index contributed by atoms with van der Waals surface area (Å²) >= 11 is 16.4. The van der Waals surface area contributed by atoms with E-state index in [-0.39, 0.29) is 10.1 Å². The molecule has 5 heteroatoms. The van der Waals surface area contributed by atoms with Crippen molar-refractivity contribution in [3.05, 3.63) is 28.5 Å². The van der Waals surface area contributed by atoms with Gasteiger partial charge in [-0.1, -0.05) is 23.2 Å². The molecule has 0 atom stereocenters. The second-order valence-electron chi connectivity index (χ2n) is 2.41. The maximum atomic E-state index is 11.0. The van der Waals surface area contributed by atoms with Crippen LogP contribution in [0.2, 0.25) is 0 Å². The first-order valence-corrected chi connectivity index (χ1v) is 4.54. The molecule has 0 N–H and O–H groups in total. The molecule has 0 aromatic carbocycles. The molecule has 0 saturated carbocycles. The average Bonchev–Trinajstić information content (AvgIpc) is 2.35. The Kier molecular flexibility index (Phi) is 3.42. The molecule has 1 rings (SSSR count). The Labute approximate surface area is 90.7 Å². The zero-order valence-corrected chi connectivity index (χ0v) is 8.99. The molecule has 2 nitrogen and oxygen atoms in total. The second kappa shape index (κ2) is 4.18. The number of carbonyl (C=O) groups is 1. The molecular formula is C8H6Cl3NO. The highest BCUT2D eigenvalue weighted by molar-refractivity contribution is 6.78. The quantitative estimate of drug-likeness (QED) is 0.573. The number of nitrogens with zero attached hydrogens (tertiary/aromatic N) is 1. The van der Waals surface area contributed by atoms with Crippen molar-refractivity contribution < 1.29 is 4.79 Å². The molecule has 1 aromatic rings. The maximum absolute atomic E-state index is 11.0. The Hall–Kier alpha value is -0.440. The molecule has 0 aliphatic heterocycles. The number of hydrogen-bond acceptors (Lipinski definition) is 1. The maximum Gasteiger partial charge on any atom is 0.256 e. The van der Waals surface area contributed by atoms with Crippen molar-refractivity contribution in [3.63, 3.8) is 0 Å². The fourth-order valence-corrected chi connectivity index (χ4v) is 1.65. The summed E-state index contributed by atoms with van der Waals surface area (Å²) in [5.74, 6) is 0. The van der Waals surface area contributed by atoms with E-state index in [1.54, 1.807) is 29.9 Å². The molecule has 0 unspecified atom stereocenters. The normalized spacial score (nSPS) is 9.85. The summed E-state index contributed by atoms with van der Waals surface area (Å²) in [6.07, 6.45) is 1.77. The molecule has 0 bridgehead atoms. The van der Waals surface area contributed by atoms with Crippen LogP contribution in [0, 0.1) is 0 Å². The van der Waals surface area contributed by atoms with Crippen LogP contribution in [0.3, 0.4) is 0 Å². The van der Waals surface area contributed by atoms with E-state index < -0.39 is 5.24 Å². The van der Waals surface area contributed by atoms with Crippen molar-refractivity contribution in [3.8, 4) is 0 Å². The van der Waals surface area contributed by atoms with Crippen molar-refractivity contribution in [1.82, 2.24) is 4.57 Å². The lowest BCUT2D eigenvalue weighted by Gasteiger charge is -2.03. The molecular weight excluding hydrogens is 232 g/mol. The van der Waals surface area contributed by atoms with Gasteiger partial charge in [0.2, 0.25) is 0 Å².